The van der Waals surface area contributed by atoms with Crippen LogP contribution >= 0.6 is 23.8 Å². The van der Waals surface area contributed by atoms with Crippen LogP contribution in [0.1, 0.15) is 12.0 Å². The molecule has 0 aromatic heterocycles. The summed E-state index contributed by atoms with van der Waals surface area (Å²) in [5.74, 6) is -1.05. The van der Waals surface area contributed by atoms with Crippen molar-refractivity contribution >= 4 is 40.4 Å². The molecule has 0 aliphatic carbocycles. The third kappa shape index (κ3) is 2.91. The molecule has 0 bridgehead atoms. The Morgan fingerprint density at radius 1 is 1.55 bits per heavy atom. The smallest absolute Gasteiger partial charge is 0.257 e. The molecular formula is C13H12ClFN2O2S. The Labute approximate surface area is 125 Å². The summed E-state index contributed by atoms with van der Waals surface area (Å²) in [6.45, 7) is 2.06. The molecule has 20 heavy (non-hydrogen) atoms. The Morgan fingerprint density at radius 3 is 2.90 bits per heavy atom. The molecule has 0 radical (unpaired) electrons. The number of rotatable bonds is 2. The molecule has 106 valence electrons. The molecule has 0 atom stereocenters. The van der Waals surface area contributed by atoms with E-state index in [4.69, 9.17) is 23.8 Å². The topological polar surface area (TPSA) is 61.4 Å². The molecule has 0 saturated heterocycles. The second-order valence-corrected chi connectivity index (χ2v) is 5.16. The highest BCUT2D eigenvalue weighted by Crippen LogP contribution is 2.26. The van der Waals surface area contributed by atoms with E-state index in [2.05, 4.69) is 10.6 Å². The molecule has 1 aromatic rings. The van der Waals surface area contributed by atoms with Gasteiger partial charge in [-0.15, -0.1) is 0 Å². The first-order chi connectivity index (χ1) is 9.40. The lowest BCUT2D eigenvalue weighted by atomic mass is 10.1. The molecule has 0 spiro atoms. The Hall–Kier alpha value is -1.66. The van der Waals surface area contributed by atoms with Crippen LogP contribution in [0.4, 0.5) is 10.1 Å². The summed E-state index contributed by atoms with van der Waals surface area (Å²) in [6.07, 6.45) is 0.311. The molecule has 0 fully saturated rings. The van der Waals surface area contributed by atoms with Gasteiger partial charge in [0, 0.05) is 23.7 Å². The van der Waals surface area contributed by atoms with Gasteiger partial charge in [-0.3, -0.25) is 4.79 Å². The lowest BCUT2D eigenvalue weighted by Crippen LogP contribution is -2.36. The summed E-state index contributed by atoms with van der Waals surface area (Å²) >= 11 is 11.0. The minimum atomic E-state index is -0.516. The fourth-order valence-corrected chi connectivity index (χ4v) is 2.36. The van der Waals surface area contributed by atoms with Gasteiger partial charge in [-0.1, -0.05) is 23.8 Å². The molecule has 3 N–H and O–H groups in total. The van der Waals surface area contributed by atoms with Gasteiger partial charge < -0.3 is 15.7 Å². The third-order valence-electron chi connectivity index (χ3n) is 2.95. The first-order valence-electron chi connectivity index (χ1n) is 5.87. The molecule has 0 saturated carbocycles. The molecule has 1 aliphatic heterocycles. The molecule has 1 heterocycles. The van der Waals surface area contributed by atoms with Crippen molar-refractivity contribution in [2.24, 2.45) is 0 Å². The van der Waals surface area contributed by atoms with Crippen molar-refractivity contribution in [1.29, 1.82) is 0 Å². The maximum Gasteiger partial charge on any atom is 0.257 e. The second kappa shape index (κ2) is 5.76. The number of thiocarbonyl (C=S) groups is 1. The van der Waals surface area contributed by atoms with Crippen molar-refractivity contribution in [2.45, 2.75) is 13.3 Å². The highest BCUT2D eigenvalue weighted by atomic mass is 35.5. The van der Waals surface area contributed by atoms with Crippen molar-refractivity contribution in [3.63, 3.8) is 0 Å². The Morgan fingerprint density at radius 2 is 2.25 bits per heavy atom. The average molecular weight is 315 g/mol. The van der Waals surface area contributed by atoms with E-state index in [0.717, 1.165) is 0 Å². The summed E-state index contributed by atoms with van der Waals surface area (Å²) in [4.78, 5) is 11.7. The van der Waals surface area contributed by atoms with E-state index >= 15 is 0 Å². The van der Waals surface area contributed by atoms with E-state index in [1.165, 1.54) is 12.1 Å². The van der Waals surface area contributed by atoms with E-state index < -0.39 is 11.7 Å². The quantitative estimate of drug-likeness (QED) is 0.735. The van der Waals surface area contributed by atoms with Crippen LogP contribution in [-0.2, 0) is 4.79 Å². The fourth-order valence-electron chi connectivity index (χ4n) is 1.83. The first-order valence-corrected chi connectivity index (χ1v) is 6.66. The van der Waals surface area contributed by atoms with Gasteiger partial charge >= 0.3 is 0 Å². The van der Waals surface area contributed by atoms with Gasteiger partial charge in [-0.05, 0) is 24.6 Å². The number of halogens is 2. The van der Waals surface area contributed by atoms with Crippen LogP contribution in [-0.4, -0.2) is 22.5 Å². The van der Waals surface area contributed by atoms with Crippen molar-refractivity contribution in [3.05, 3.63) is 39.9 Å². The van der Waals surface area contributed by atoms with Crippen LogP contribution in [0.3, 0.4) is 0 Å². The van der Waals surface area contributed by atoms with E-state index in [1.54, 1.807) is 6.92 Å². The largest absolute Gasteiger partial charge is 0.511 e. The third-order valence-corrected chi connectivity index (χ3v) is 3.65. The van der Waals surface area contributed by atoms with Gasteiger partial charge in [-0.2, -0.15) is 0 Å². The molecule has 1 aromatic carbocycles. The number of hydrogen-bond acceptors (Lipinski definition) is 3. The zero-order valence-electron chi connectivity index (χ0n) is 10.6. The number of nitrogens with one attached hydrogen (secondary N) is 2. The Bertz CT molecular complexity index is 631. The normalized spacial score (nSPS) is 15.1. The number of hydrogen-bond donors (Lipinski definition) is 3. The molecule has 7 heteroatoms. The first kappa shape index (κ1) is 14.7. The Kier molecular flexibility index (Phi) is 4.25. The molecule has 4 nitrogen and oxygen atoms in total. The number of amides is 1. The van der Waals surface area contributed by atoms with Crippen molar-refractivity contribution in [1.82, 2.24) is 5.32 Å². The summed E-state index contributed by atoms with van der Waals surface area (Å²) in [5, 5.41) is 15.3. The second-order valence-electron chi connectivity index (χ2n) is 4.34. The Balaban J connectivity index is 2.31. The minimum absolute atomic E-state index is 0.00559. The van der Waals surface area contributed by atoms with Crippen LogP contribution in [0.15, 0.2) is 23.5 Å². The number of aliphatic hydroxyl groups is 1. The van der Waals surface area contributed by atoms with Gasteiger partial charge in [0.25, 0.3) is 5.91 Å². The molecule has 0 unspecified atom stereocenters. The zero-order chi connectivity index (χ0) is 14.9. The van der Waals surface area contributed by atoms with Crippen molar-refractivity contribution in [2.75, 3.05) is 11.9 Å². The standard InChI is InChI=1S/C13H12ClFN2O2S/c1-6-8(14)4-7(15)5-9(6)17-13(20)11-10(18)2-3-16-12(11)19/h4-5,18H,2-3H2,1H3,(H,16,19)(H,17,20). The monoisotopic (exact) mass is 314 g/mol. The number of aliphatic hydroxyl groups excluding tert-OH is 1. The van der Waals surface area contributed by atoms with Crippen LogP contribution in [0.2, 0.25) is 5.02 Å². The van der Waals surface area contributed by atoms with Crippen LogP contribution in [0.5, 0.6) is 0 Å². The van der Waals surface area contributed by atoms with E-state index in [-0.39, 0.29) is 21.3 Å². The van der Waals surface area contributed by atoms with Crippen molar-refractivity contribution in [3.8, 4) is 0 Å². The lowest BCUT2D eigenvalue weighted by molar-refractivity contribution is -0.117. The van der Waals surface area contributed by atoms with E-state index in [9.17, 15) is 14.3 Å². The summed E-state index contributed by atoms with van der Waals surface area (Å²) in [5.41, 5.74) is 0.969. The number of benzene rings is 1. The van der Waals surface area contributed by atoms with Crippen LogP contribution in [0.25, 0.3) is 0 Å². The van der Waals surface area contributed by atoms with Gasteiger partial charge in [0.15, 0.2) is 0 Å². The number of carbonyl (C=O) groups excluding carboxylic acids is 1. The maximum absolute atomic E-state index is 13.3. The minimum Gasteiger partial charge on any atom is -0.511 e. The number of anilines is 1. The zero-order valence-corrected chi connectivity index (χ0v) is 12.2. The van der Waals surface area contributed by atoms with Crippen LogP contribution < -0.4 is 10.6 Å². The average Bonchev–Trinajstić information content (AvgIpc) is 2.35. The van der Waals surface area contributed by atoms with Gasteiger partial charge in [0.1, 0.15) is 22.1 Å². The highest BCUT2D eigenvalue weighted by molar-refractivity contribution is 7.81. The molecular weight excluding hydrogens is 303 g/mol. The van der Waals surface area contributed by atoms with Gasteiger partial charge in [0.05, 0.1) is 0 Å². The maximum atomic E-state index is 13.3. The summed E-state index contributed by atoms with van der Waals surface area (Å²) in [6, 6.07) is 2.42. The summed E-state index contributed by atoms with van der Waals surface area (Å²) in [7, 11) is 0. The highest BCUT2D eigenvalue weighted by Gasteiger charge is 2.24. The fraction of sp³-hybridized carbons (Fsp3) is 0.231. The van der Waals surface area contributed by atoms with Crippen molar-refractivity contribution < 1.29 is 14.3 Å². The van der Waals surface area contributed by atoms with E-state index in [1.807, 2.05) is 0 Å². The SMILES string of the molecule is Cc1c(Cl)cc(F)cc1NC(=S)C1=C(O)CCNC1=O. The summed E-state index contributed by atoms with van der Waals surface area (Å²) < 4.78 is 13.3. The molecule has 1 amide bonds. The van der Waals surface area contributed by atoms with Crippen LogP contribution in [0, 0.1) is 12.7 Å². The van der Waals surface area contributed by atoms with E-state index in [0.29, 0.717) is 24.2 Å². The van der Waals surface area contributed by atoms with Gasteiger partial charge in [0.2, 0.25) is 0 Å². The molecule has 1 aliphatic rings. The number of carbonyl (C=O) groups is 1. The predicted octanol–water partition coefficient (Wildman–Crippen LogP) is 2.86. The van der Waals surface area contributed by atoms with Gasteiger partial charge in [-0.25, -0.2) is 4.39 Å². The lowest BCUT2D eigenvalue weighted by Gasteiger charge is -2.19. The predicted molar refractivity (Wildman–Crippen MR) is 79.6 cm³/mol. The molecule has 2 rings (SSSR count).